The van der Waals surface area contributed by atoms with E-state index in [9.17, 15) is 5.11 Å². The molecule has 2 nitrogen and oxygen atoms in total. The van der Waals surface area contributed by atoms with Crippen molar-refractivity contribution in [1.82, 2.24) is 4.90 Å². The molecule has 1 rings (SSSR count). The Kier molecular flexibility index (Phi) is 8.01. The highest BCUT2D eigenvalue weighted by Crippen LogP contribution is 2.33. The number of hydrogen-bond acceptors (Lipinski definition) is 2. The summed E-state index contributed by atoms with van der Waals surface area (Å²) in [4.78, 5) is 2.59. The molecule has 3 unspecified atom stereocenters. The summed E-state index contributed by atoms with van der Waals surface area (Å²) in [6, 6.07) is 0.416. The smallest absolute Gasteiger partial charge is 0.0695 e. The summed E-state index contributed by atoms with van der Waals surface area (Å²) in [5, 5.41) is 10.4. The normalized spacial score (nSPS) is 28.3. The van der Waals surface area contributed by atoms with Crippen LogP contribution < -0.4 is 0 Å². The van der Waals surface area contributed by atoms with Crippen LogP contribution in [0.2, 0.25) is 0 Å². The number of rotatable bonds is 8. The molecular formula is C17H35NO. The van der Waals surface area contributed by atoms with Gasteiger partial charge >= 0.3 is 0 Å². The van der Waals surface area contributed by atoms with E-state index in [1.54, 1.807) is 0 Å². The van der Waals surface area contributed by atoms with E-state index in [-0.39, 0.29) is 6.10 Å². The summed E-state index contributed by atoms with van der Waals surface area (Å²) in [5.41, 5.74) is 0. The van der Waals surface area contributed by atoms with Crippen molar-refractivity contribution in [1.29, 1.82) is 0 Å². The van der Waals surface area contributed by atoms with Gasteiger partial charge < -0.3 is 5.11 Å². The van der Waals surface area contributed by atoms with Crippen LogP contribution in [0, 0.1) is 11.8 Å². The van der Waals surface area contributed by atoms with E-state index in [0.29, 0.717) is 6.04 Å². The summed E-state index contributed by atoms with van der Waals surface area (Å²) < 4.78 is 0. The van der Waals surface area contributed by atoms with Crippen molar-refractivity contribution in [3.05, 3.63) is 0 Å². The lowest BCUT2D eigenvalue weighted by atomic mass is 9.77. The topological polar surface area (TPSA) is 23.5 Å². The largest absolute Gasteiger partial charge is 0.391 e. The Morgan fingerprint density at radius 3 is 2.11 bits per heavy atom. The van der Waals surface area contributed by atoms with Crippen LogP contribution >= 0.6 is 0 Å². The van der Waals surface area contributed by atoms with Gasteiger partial charge in [0.05, 0.1) is 6.10 Å². The van der Waals surface area contributed by atoms with Crippen LogP contribution in [-0.2, 0) is 0 Å². The van der Waals surface area contributed by atoms with Crippen LogP contribution in [0.3, 0.4) is 0 Å². The summed E-state index contributed by atoms with van der Waals surface area (Å²) >= 11 is 0. The first-order valence-electron chi connectivity index (χ1n) is 8.52. The Balaban J connectivity index is 2.61. The molecule has 114 valence electrons. The minimum Gasteiger partial charge on any atom is -0.391 e. The molecule has 0 heterocycles. The second-order valence-corrected chi connectivity index (χ2v) is 6.69. The second-order valence-electron chi connectivity index (χ2n) is 6.69. The lowest BCUT2D eigenvalue weighted by Crippen LogP contribution is -2.48. The lowest BCUT2D eigenvalue weighted by Gasteiger charge is -2.42. The highest BCUT2D eigenvalue weighted by Gasteiger charge is 2.33. The van der Waals surface area contributed by atoms with Gasteiger partial charge in [-0.05, 0) is 57.0 Å². The molecule has 1 N–H and O–H groups in total. The zero-order valence-corrected chi connectivity index (χ0v) is 13.6. The van der Waals surface area contributed by atoms with Crippen LogP contribution in [0.25, 0.3) is 0 Å². The average Bonchev–Trinajstić information content (AvgIpc) is 2.40. The zero-order chi connectivity index (χ0) is 14.3. The van der Waals surface area contributed by atoms with Crippen LogP contribution in [0.1, 0.15) is 72.6 Å². The second kappa shape index (κ2) is 8.97. The van der Waals surface area contributed by atoms with Gasteiger partial charge in [0.1, 0.15) is 0 Å². The van der Waals surface area contributed by atoms with Crippen molar-refractivity contribution < 1.29 is 5.11 Å². The fraction of sp³-hybridized carbons (Fsp3) is 1.00. The first-order chi connectivity index (χ1) is 9.10. The van der Waals surface area contributed by atoms with E-state index in [1.165, 1.54) is 51.6 Å². The Labute approximate surface area is 120 Å². The number of hydrogen-bond donors (Lipinski definition) is 1. The Morgan fingerprint density at radius 2 is 1.63 bits per heavy atom. The molecule has 0 radical (unpaired) electrons. The van der Waals surface area contributed by atoms with Gasteiger partial charge in [-0.1, -0.05) is 40.5 Å². The SMILES string of the molecule is CCCCN(CCCC)C1CC(C(C)C)CCC1O. The van der Waals surface area contributed by atoms with Crippen molar-refractivity contribution >= 4 is 0 Å². The maximum absolute atomic E-state index is 10.4. The third kappa shape index (κ3) is 5.43. The van der Waals surface area contributed by atoms with Crippen molar-refractivity contribution in [2.75, 3.05) is 13.1 Å². The molecule has 0 spiro atoms. The molecule has 0 aliphatic heterocycles. The van der Waals surface area contributed by atoms with Gasteiger partial charge in [0, 0.05) is 6.04 Å². The molecule has 0 aromatic carbocycles. The molecule has 2 heteroatoms. The first-order valence-corrected chi connectivity index (χ1v) is 8.52. The lowest BCUT2D eigenvalue weighted by molar-refractivity contribution is -0.00561. The average molecular weight is 269 g/mol. The maximum Gasteiger partial charge on any atom is 0.0695 e. The van der Waals surface area contributed by atoms with Gasteiger partial charge in [-0.15, -0.1) is 0 Å². The van der Waals surface area contributed by atoms with Gasteiger partial charge in [0.2, 0.25) is 0 Å². The van der Waals surface area contributed by atoms with E-state index >= 15 is 0 Å². The summed E-state index contributed by atoms with van der Waals surface area (Å²) in [6.45, 7) is 11.5. The molecule has 0 aromatic heterocycles. The molecule has 0 aromatic rings. The van der Waals surface area contributed by atoms with Crippen molar-refractivity contribution in [3.63, 3.8) is 0 Å². The highest BCUT2D eigenvalue weighted by molar-refractivity contribution is 4.87. The maximum atomic E-state index is 10.4. The number of aliphatic hydroxyl groups is 1. The van der Waals surface area contributed by atoms with Gasteiger partial charge in [-0.3, -0.25) is 4.90 Å². The van der Waals surface area contributed by atoms with Crippen LogP contribution in [0.15, 0.2) is 0 Å². The monoisotopic (exact) mass is 269 g/mol. The van der Waals surface area contributed by atoms with Crippen LogP contribution in [-0.4, -0.2) is 35.2 Å². The molecule has 3 atom stereocenters. The van der Waals surface area contributed by atoms with Gasteiger partial charge in [0.15, 0.2) is 0 Å². The summed E-state index contributed by atoms with van der Waals surface area (Å²) in [7, 11) is 0. The molecular weight excluding hydrogens is 234 g/mol. The summed E-state index contributed by atoms with van der Waals surface area (Å²) in [6.07, 6.45) is 8.35. The third-order valence-electron chi connectivity index (χ3n) is 4.83. The Bertz CT molecular complexity index is 221. The molecule has 0 amide bonds. The molecule has 1 saturated carbocycles. The minimum absolute atomic E-state index is 0.0938. The van der Waals surface area contributed by atoms with E-state index in [0.717, 1.165) is 18.3 Å². The molecule has 1 fully saturated rings. The predicted octanol–water partition coefficient (Wildman–Crippen LogP) is 4.07. The standard InChI is InChI=1S/C17H35NO/c1-5-7-11-18(12-8-6-2)16-13-15(14(3)4)9-10-17(16)19/h14-17,19H,5-13H2,1-4H3. The quantitative estimate of drug-likeness (QED) is 0.718. The zero-order valence-electron chi connectivity index (χ0n) is 13.6. The fourth-order valence-electron chi connectivity index (χ4n) is 3.33. The van der Waals surface area contributed by atoms with Crippen molar-refractivity contribution in [3.8, 4) is 0 Å². The fourth-order valence-corrected chi connectivity index (χ4v) is 3.33. The van der Waals surface area contributed by atoms with Crippen LogP contribution in [0.5, 0.6) is 0 Å². The minimum atomic E-state index is -0.0938. The van der Waals surface area contributed by atoms with Gasteiger partial charge in [-0.2, -0.15) is 0 Å². The van der Waals surface area contributed by atoms with Crippen LogP contribution in [0.4, 0.5) is 0 Å². The van der Waals surface area contributed by atoms with Gasteiger partial charge in [0.25, 0.3) is 0 Å². The number of unbranched alkanes of at least 4 members (excludes halogenated alkanes) is 2. The Morgan fingerprint density at radius 1 is 1.05 bits per heavy atom. The molecule has 1 aliphatic carbocycles. The Hall–Kier alpha value is -0.0800. The van der Waals surface area contributed by atoms with Crippen molar-refractivity contribution in [2.45, 2.75) is 84.8 Å². The van der Waals surface area contributed by atoms with E-state index in [4.69, 9.17) is 0 Å². The molecule has 1 aliphatic rings. The van der Waals surface area contributed by atoms with E-state index < -0.39 is 0 Å². The first kappa shape index (κ1) is 17.0. The summed E-state index contributed by atoms with van der Waals surface area (Å²) in [5.74, 6) is 1.56. The number of nitrogens with zero attached hydrogens (tertiary/aromatic N) is 1. The van der Waals surface area contributed by atoms with E-state index in [1.807, 2.05) is 0 Å². The van der Waals surface area contributed by atoms with E-state index in [2.05, 4.69) is 32.6 Å². The predicted molar refractivity (Wildman–Crippen MR) is 83.4 cm³/mol. The van der Waals surface area contributed by atoms with Crippen molar-refractivity contribution in [2.24, 2.45) is 11.8 Å². The highest BCUT2D eigenvalue weighted by atomic mass is 16.3. The third-order valence-corrected chi connectivity index (χ3v) is 4.83. The van der Waals surface area contributed by atoms with Gasteiger partial charge in [-0.25, -0.2) is 0 Å². The molecule has 19 heavy (non-hydrogen) atoms. The molecule has 0 bridgehead atoms. The number of aliphatic hydroxyl groups excluding tert-OH is 1. The molecule has 0 saturated heterocycles.